The van der Waals surface area contributed by atoms with Gasteiger partial charge in [0.1, 0.15) is 13.2 Å². The van der Waals surface area contributed by atoms with E-state index in [9.17, 15) is 4.79 Å². The van der Waals surface area contributed by atoms with Gasteiger partial charge in [-0.3, -0.25) is 4.79 Å². The number of nitrogens with one attached hydrogen (secondary N) is 1. The fourth-order valence-corrected chi connectivity index (χ4v) is 5.00. The summed E-state index contributed by atoms with van der Waals surface area (Å²) in [6.07, 6.45) is 0. The van der Waals surface area contributed by atoms with Gasteiger partial charge in [-0.25, -0.2) is 0 Å². The van der Waals surface area contributed by atoms with Gasteiger partial charge in [-0.2, -0.15) is 0 Å². The van der Waals surface area contributed by atoms with Gasteiger partial charge in [0.15, 0.2) is 20.2 Å². The predicted octanol–water partition coefficient (Wildman–Crippen LogP) is 3.95. The molecule has 144 valence electrons. The minimum atomic E-state index is -0.120. The molecule has 9 heteroatoms. The Labute approximate surface area is 171 Å². The van der Waals surface area contributed by atoms with E-state index in [4.69, 9.17) is 9.47 Å². The van der Waals surface area contributed by atoms with Gasteiger partial charge in [0, 0.05) is 5.75 Å². The monoisotopic (exact) mass is 423 g/mol. The van der Waals surface area contributed by atoms with Crippen LogP contribution in [-0.2, 0) is 4.79 Å². The maximum Gasteiger partial charge on any atom is 0.230 e. The Hall–Kier alpha value is -1.71. The molecule has 1 aromatic carbocycles. The van der Waals surface area contributed by atoms with E-state index < -0.39 is 0 Å². The Morgan fingerprint density at radius 2 is 1.89 bits per heavy atom. The maximum atomic E-state index is 12.3. The van der Waals surface area contributed by atoms with Crippen molar-refractivity contribution >= 4 is 40.8 Å². The minimum Gasteiger partial charge on any atom is -0.486 e. The van der Waals surface area contributed by atoms with E-state index in [1.54, 1.807) is 11.8 Å². The van der Waals surface area contributed by atoms with Gasteiger partial charge < -0.3 is 14.8 Å². The SMILES string of the molecule is C=C(C)CSc1nnc(SCC(=O)NC(C)c2ccc3c(c2)OCCO3)s1. The fourth-order valence-electron chi connectivity index (χ4n) is 2.32. The molecule has 27 heavy (non-hydrogen) atoms. The van der Waals surface area contributed by atoms with E-state index in [1.807, 2.05) is 32.0 Å². The molecule has 1 aliphatic heterocycles. The lowest BCUT2D eigenvalue weighted by molar-refractivity contribution is -0.119. The molecule has 2 heterocycles. The highest BCUT2D eigenvalue weighted by molar-refractivity contribution is 8.03. The zero-order valence-electron chi connectivity index (χ0n) is 15.2. The summed E-state index contributed by atoms with van der Waals surface area (Å²) in [4.78, 5) is 12.3. The molecular weight excluding hydrogens is 402 g/mol. The third-order valence-corrected chi connectivity index (χ3v) is 7.02. The van der Waals surface area contributed by atoms with E-state index in [1.165, 1.54) is 23.1 Å². The quantitative estimate of drug-likeness (QED) is 0.509. The molecule has 0 spiro atoms. The van der Waals surface area contributed by atoms with E-state index in [-0.39, 0.29) is 11.9 Å². The Morgan fingerprint density at radius 1 is 1.22 bits per heavy atom. The number of benzene rings is 1. The zero-order chi connectivity index (χ0) is 19.2. The lowest BCUT2D eigenvalue weighted by atomic mass is 10.1. The van der Waals surface area contributed by atoms with Crippen LogP contribution >= 0.6 is 34.9 Å². The molecule has 1 amide bonds. The van der Waals surface area contributed by atoms with Gasteiger partial charge in [0.2, 0.25) is 5.91 Å². The largest absolute Gasteiger partial charge is 0.486 e. The third kappa shape index (κ3) is 5.88. The summed E-state index contributed by atoms with van der Waals surface area (Å²) in [7, 11) is 0. The Morgan fingerprint density at radius 3 is 2.59 bits per heavy atom. The number of aromatic nitrogens is 2. The first-order valence-electron chi connectivity index (χ1n) is 8.43. The number of carbonyl (C=O) groups is 1. The summed E-state index contributed by atoms with van der Waals surface area (Å²) in [6, 6.07) is 5.63. The van der Waals surface area contributed by atoms with Gasteiger partial charge in [0.25, 0.3) is 0 Å². The van der Waals surface area contributed by atoms with Crippen molar-refractivity contribution in [3.8, 4) is 11.5 Å². The molecule has 0 fully saturated rings. The van der Waals surface area contributed by atoms with Crippen molar-refractivity contribution in [3.05, 3.63) is 35.9 Å². The van der Waals surface area contributed by atoms with Crippen LogP contribution in [0.1, 0.15) is 25.5 Å². The van der Waals surface area contributed by atoms with Gasteiger partial charge in [-0.1, -0.05) is 53.1 Å². The second-order valence-electron chi connectivity index (χ2n) is 6.06. The Bertz CT molecular complexity index is 825. The van der Waals surface area contributed by atoms with Crippen LogP contribution in [-0.4, -0.2) is 40.8 Å². The molecule has 0 saturated heterocycles. The Balaban J connectivity index is 1.48. The molecule has 3 rings (SSSR count). The molecule has 1 N–H and O–H groups in total. The number of rotatable bonds is 8. The Kier molecular flexibility index (Phi) is 7.03. The van der Waals surface area contributed by atoms with Crippen LogP contribution in [0.4, 0.5) is 0 Å². The zero-order valence-corrected chi connectivity index (χ0v) is 17.6. The van der Waals surface area contributed by atoms with Crippen LogP contribution in [0, 0.1) is 0 Å². The molecule has 1 aromatic heterocycles. The summed E-state index contributed by atoms with van der Waals surface area (Å²) < 4.78 is 12.8. The standard InChI is InChI=1S/C18H21N3O3S3/c1-11(2)9-25-17-20-21-18(27-17)26-10-16(22)19-12(3)13-4-5-14-15(8-13)24-7-6-23-14/h4-5,8,12H,1,6-7,9-10H2,2-3H3,(H,19,22). The van der Waals surface area contributed by atoms with Crippen molar-refractivity contribution in [1.82, 2.24) is 15.5 Å². The number of hydrogen-bond acceptors (Lipinski definition) is 8. The number of nitrogens with zero attached hydrogens (tertiary/aromatic N) is 2. The minimum absolute atomic E-state index is 0.0475. The van der Waals surface area contributed by atoms with E-state index in [0.29, 0.717) is 19.0 Å². The molecule has 1 unspecified atom stereocenters. The summed E-state index contributed by atoms with van der Waals surface area (Å²) in [5.74, 6) is 2.55. The number of carbonyl (C=O) groups excluding carboxylic acids is 1. The van der Waals surface area contributed by atoms with Crippen LogP contribution in [0.3, 0.4) is 0 Å². The van der Waals surface area contributed by atoms with Crippen molar-refractivity contribution in [1.29, 1.82) is 0 Å². The average molecular weight is 424 g/mol. The molecule has 1 atom stereocenters. The summed E-state index contributed by atoms with van der Waals surface area (Å²) in [5.41, 5.74) is 2.07. The second-order valence-corrected chi connectivity index (χ2v) is 9.48. The normalized spacial score (nSPS) is 13.9. The van der Waals surface area contributed by atoms with Crippen LogP contribution in [0.2, 0.25) is 0 Å². The highest BCUT2D eigenvalue weighted by Gasteiger charge is 2.16. The van der Waals surface area contributed by atoms with Gasteiger partial charge >= 0.3 is 0 Å². The van der Waals surface area contributed by atoms with Crippen LogP contribution in [0.25, 0.3) is 0 Å². The van der Waals surface area contributed by atoms with Gasteiger partial charge in [0.05, 0.1) is 11.8 Å². The van der Waals surface area contributed by atoms with Crippen LogP contribution < -0.4 is 14.8 Å². The number of hydrogen-bond donors (Lipinski definition) is 1. The van der Waals surface area contributed by atoms with Gasteiger partial charge in [-0.05, 0) is 31.5 Å². The molecule has 2 aromatic rings. The highest BCUT2D eigenvalue weighted by Crippen LogP contribution is 2.33. The lowest BCUT2D eigenvalue weighted by Gasteiger charge is -2.21. The second kappa shape index (κ2) is 9.48. The summed E-state index contributed by atoms with van der Waals surface area (Å²) >= 11 is 4.51. The van der Waals surface area contributed by atoms with Gasteiger partial charge in [-0.15, -0.1) is 10.2 Å². The molecule has 6 nitrogen and oxygen atoms in total. The molecule has 0 aliphatic carbocycles. The van der Waals surface area contributed by atoms with Crippen molar-refractivity contribution in [2.45, 2.75) is 28.6 Å². The molecular formula is C18H21N3O3S3. The third-order valence-electron chi connectivity index (χ3n) is 3.60. The molecule has 1 aliphatic rings. The van der Waals surface area contributed by atoms with Crippen molar-refractivity contribution < 1.29 is 14.3 Å². The predicted molar refractivity (Wildman–Crippen MR) is 110 cm³/mol. The van der Waals surface area contributed by atoms with E-state index >= 15 is 0 Å². The van der Waals surface area contributed by atoms with Crippen LogP contribution in [0.5, 0.6) is 11.5 Å². The highest BCUT2D eigenvalue weighted by atomic mass is 32.2. The van der Waals surface area contributed by atoms with Crippen LogP contribution in [0.15, 0.2) is 39.0 Å². The maximum absolute atomic E-state index is 12.3. The first-order chi connectivity index (χ1) is 13.0. The summed E-state index contributed by atoms with van der Waals surface area (Å²) in [6.45, 7) is 8.92. The van der Waals surface area contributed by atoms with Crippen molar-refractivity contribution in [3.63, 3.8) is 0 Å². The summed E-state index contributed by atoms with van der Waals surface area (Å²) in [5, 5.41) is 11.3. The molecule has 0 bridgehead atoms. The smallest absolute Gasteiger partial charge is 0.230 e. The fraction of sp³-hybridized carbons (Fsp3) is 0.389. The number of fused-ring (bicyclic) bond motifs is 1. The number of thioether (sulfide) groups is 2. The number of ether oxygens (including phenoxy) is 2. The lowest BCUT2D eigenvalue weighted by Crippen LogP contribution is -2.28. The average Bonchev–Trinajstić information content (AvgIpc) is 3.12. The van der Waals surface area contributed by atoms with Crippen molar-refractivity contribution in [2.24, 2.45) is 0 Å². The first-order valence-corrected chi connectivity index (χ1v) is 11.2. The van der Waals surface area contributed by atoms with Crippen molar-refractivity contribution in [2.75, 3.05) is 24.7 Å². The molecule has 0 radical (unpaired) electrons. The van der Waals surface area contributed by atoms with E-state index in [0.717, 1.165) is 37.1 Å². The number of amides is 1. The molecule has 0 saturated carbocycles. The topological polar surface area (TPSA) is 73.3 Å². The first kappa shape index (κ1) is 20.0. The van der Waals surface area contributed by atoms with E-state index in [2.05, 4.69) is 22.1 Å².